The predicted octanol–water partition coefficient (Wildman–Crippen LogP) is 2.45. The van der Waals surface area contributed by atoms with Crippen molar-refractivity contribution in [3.63, 3.8) is 0 Å². The highest BCUT2D eigenvalue weighted by molar-refractivity contribution is 5.89. The van der Waals surface area contributed by atoms with Gasteiger partial charge in [-0.3, -0.25) is 9.89 Å². The fourth-order valence-electron chi connectivity index (χ4n) is 3.38. The fourth-order valence-corrected chi connectivity index (χ4v) is 3.38. The van der Waals surface area contributed by atoms with Crippen molar-refractivity contribution >= 4 is 11.9 Å². The lowest BCUT2D eigenvalue weighted by Gasteiger charge is -2.41. The van der Waals surface area contributed by atoms with E-state index >= 15 is 0 Å². The Morgan fingerprint density at radius 2 is 1.81 bits per heavy atom. The van der Waals surface area contributed by atoms with E-state index in [2.05, 4.69) is 34.4 Å². The maximum Gasteiger partial charge on any atom is 0.337 e. The second-order valence-corrected chi connectivity index (χ2v) is 7.65. The fraction of sp³-hybridized carbons (Fsp3) is 0.619. The normalized spacial score (nSPS) is 16.1. The third kappa shape index (κ3) is 6.54. The molecule has 2 N–H and O–H groups in total. The Bertz CT molecular complexity index is 620. The zero-order chi connectivity index (χ0) is 19.7. The van der Waals surface area contributed by atoms with Gasteiger partial charge in [0.05, 0.1) is 12.7 Å². The smallest absolute Gasteiger partial charge is 0.337 e. The molecule has 0 spiro atoms. The first-order valence-corrected chi connectivity index (χ1v) is 9.83. The Morgan fingerprint density at radius 3 is 2.41 bits per heavy atom. The Morgan fingerprint density at radius 1 is 1.15 bits per heavy atom. The van der Waals surface area contributed by atoms with Gasteiger partial charge in [0.25, 0.3) is 0 Å². The van der Waals surface area contributed by atoms with Crippen LogP contribution in [0.4, 0.5) is 0 Å². The van der Waals surface area contributed by atoms with Crippen LogP contribution < -0.4 is 10.6 Å². The number of aliphatic imine (C=N–C) groups is 1. The van der Waals surface area contributed by atoms with E-state index in [1.807, 2.05) is 12.1 Å². The van der Waals surface area contributed by atoms with Gasteiger partial charge < -0.3 is 15.4 Å². The molecule has 1 aliphatic rings. The summed E-state index contributed by atoms with van der Waals surface area (Å²) in [7, 11) is 3.19. The molecular formula is C21H34N4O2. The van der Waals surface area contributed by atoms with Gasteiger partial charge in [-0.05, 0) is 63.9 Å². The zero-order valence-electron chi connectivity index (χ0n) is 17.2. The second-order valence-electron chi connectivity index (χ2n) is 7.65. The summed E-state index contributed by atoms with van der Waals surface area (Å²) in [4.78, 5) is 18.4. The highest BCUT2D eigenvalue weighted by Gasteiger charge is 2.27. The molecule has 1 saturated heterocycles. The lowest BCUT2D eigenvalue weighted by molar-refractivity contribution is 0.0600. The summed E-state index contributed by atoms with van der Waals surface area (Å²) < 4.78 is 4.72. The molecule has 27 heavy (non-hydrogen) atoms. The van der Waals surface area contributed by atoms with Gasteiger partial charge in [-0.25, -0.2) is 4.79 Å². The van der Waals surface area contributed by atoms with Crippen LogP contribution in [0.2, 0.25) is 0 Å². The summed E-state index contributed by atoms with van der Waals surface area (Å²) in [5.41, 5.74) is 1.85. The van der Waals surface area contributed by atoms with E-state index in [0.29, 0.717) is 5.56 Å². The quantitative estimate of drug-likeness (QED) is 0.436. The molecule has 0 aromatic heterocycles. The van der Waals surface area contributed by atoms with Crippen LogP contribution in [0, 0.1) is 0 Å². The first-order chi connectivity index (χ1) is 13.0. The van der Waals surface area contributed by atoms with Crippen molar-refractivity contribution in [1.82, 2.24) is 15.5 Å². The SMILES string of the molecule is CN=C(NCCc1ccc(C(=O)OC)cc1)NCC(C)(C)N1CCCCC1. The van der Waals surface area contributed by atoms with Gasteiger partial charge in [0.2, 0.25) is 0 Å². The van der Waals surface area contributed by atoms with Crippen molar-refractivity contribution < 1.29 is 9.53 Å². The third-order valence-electron chi connectivity index (χ3n) is 5.21. The summed E-state index contributed by atoms with van der Waals surface area (Å²) in [6, 6.07) is 7.53. The number of nitrogens with one attached hydrogen (secondary N) is 2. The van der Waals surface area contributed by atoms with Gasteiger partial charge in [-0.1, -0.05) is 18.6 Å². The van der Waals surface area contributed by atoms with Crippen LogP contribution in [0.25, 0.3) is 0 Å². The van der Waals surface area contributed by atoms with Crippen molar-refractivity contribution in [3.05, 3.63) is 35.4 Å². The highest BCUT2D eigenvalue weighted by Crippen LogP contribution is 2.19. The number of rotatable bonds is 7. The molecule has 0 atom stereocenters. The minimum atomic E-state index is -0.305. The van der Waals surface area contributed by atoms with Crippen LogP contribution in [0.15, 0.2) is 29.3 Å². The molecule has 1 fully saturated rings. The van der Waals surface area contributed by atoms with Crippen LogP contribution >= 0.6 is 0 Å². The van der Waals surface area contributed by atoms with Crippen LogP contribution in [0.3, 0.4) is 0 Å². The molecule has 0 amide bonds. The Hall–Kier alpha value is -2.08. The maximum absolute atomic E-state index is 11.5. The molecule has 0 saturated carbocycles. The van der Waals surface area contributed by atoms with Crippen LogP contribution in [0.5, 0.6) is 0 Å². The number of guanidine groups is 1. The summed E-state index contributed by atoms with van der Waals surface area (Å²) in [5, 5.41) is 6.83. The van der Waals surface area contributed by atoms with E-state index in [0.717, 1.165) is 25.5 Å². The number of likely N-dealkylation sites (tertiary alicyclic amines) is 1. The Labute approximate surface area is 163 Å². The molecule has 1 heterocycles. The molecule has 150 valence electrons. The van der Waals surface area contributed by atoms with Crippen LogP contribution in [-0.4, -0.2) is 62.7 Å². The molecule has 0 radical (unpaired) electrons. The number of esters is 1. The molecule has 2 rings (SSSR count). The van der Waals surface area contributed by atoms with Crippen molar-refractivity contribution in [2.45, 2.75) is 45.1 Å². The van der Waals surface area contributed by atoms with E-state index in [1.165, 1.54) is 45.0 Å². The summed E-state index contributed by atoms with van der Waals surface area (Å²) in [5.74, 6) is 0.520. The third-order valence-corrected chi connectivity index (χ3v) is 5.21. The number of ether oxygens (including phenoxy) is 1. The number of hydrogen-bond acceptors (Lipinski definition) is 4. The van der Waals surface area contributed by atoms with E-state index < -0.39 is 0 Å². The molecule has 1 aliphatic heterocycles. The van der Waals surface area contributed by atoms with Crippen molar-refractivity contribution in [2.24, 2.45) is 4.99 Å². The molecule has 0 unspecified atom stereocenters. The average molecular weight is 375 g/mol. The Kier molecular flexibility index (Phi) is 8.10. The highest BCUT2D eigenvalue weighted by atomic mass is 16.5. The van der Waals surface area contributed by atoms with E-state index in [1.54, 1.807) is 19.2 Å². The van der Waals surface area contributed by atoms with E-state index in [4.69, 9.17) is 4.74 Å². The van der Waals surface area contributed by atoms with Crippen molar-refractivity contribution in [2.75, 3.05) is 40.3 Å². The molecule has 6 nitrogen and oxygen atoms in total. The van der Waals surface area contributed by atoms with Gasteiger partial charge in [0, 0.05) is 25.7 Å². The Balaban J connectivity index is 1.76. The van der Waals surface area contributed by atoms with Crippen molar-refractivity contribution in [3.8, 4) is 0 Å². The lowest BCUT2D eigenvalue weighted by Crippen LogP contribution is -2.55. The number of nitrogens with zero attached hydrogens (tertiary/aromatic N) is 2. The largest absolute Gasteiger partial charge is 0.465 e. The lowest BCUT2D eigenvalue weighted by atomic mass is 9.98. The number of benzene rings is 1. The average Bonchev–Trinajstić information content (AvgIpc) is 2.71. The number of methoxy groups -OCH3 is 1. The standard InChI is InChI=1S/C21H34N4O2/c1-21(2,25-14-6-5-7-15-25)16-24-20(22-3)23-13-12-17-8-10-18(11-9-17)19(26)27-4/h8-11H,5-7,12-16H2,1-4H3,(H2,22,23,24). The number of carbonyl (C=O) groups excluding carboxylic acids is 1. The second kappa shape index (κ2) is 10.3. The van der Waals surface area contributed by atoms with Crippen LogP contribution in [0.1, 0.15) is 49.0 Å². The first-order valence-electron chi connectivity index (χ1n) is 9.83. The zero-order valence-corrected chi connectivity index (χ0v) is 17.2. The van der Waals surface area contributed by atoms with Crippen LogP contribution in [-0.2, 0) is 11.2 Å². The molecule has 0 bridgehead atoms. The predicted molar refractivity (Wildman–Crippen MR) is 110 cm³/mol. The maximum atomic E-state index is 11.5. The van der Waals surface area contributed by atoms with E-state index in [-0.39, 0.29) is 11.5 Å². The van der Waals surface area contributed by atoms with Crippen molar-refractivity contribution in [1.29, 1.82) is 0 Å². The topological polar surface area (TPSA) is 66.0 Å². The molecule has 1 aromatic carbocycles. The monoisotopic (exact) mass is 374 g/mol. The van der Waals surface area contributed by atoms with Gasteiger partial charge >= 0.3 is 5.97 Å². The number of piperidine rings is 1. The van der Waals surface area contributed by atoms with E-state index in [9.17, 15) is 4.79 Å². The number of carbonyl (C=O) groups is 1. The number of hydrogen-bond donors (Lipinski definition) is 2. The minimum Gasteiger partial charge on any atom is -0.465 e. The van der Waals surface area contributed by atoms with Gasteiger partial charge in [0.15, 0.2) is 5.96 Å². The van der Waals surface area contributed by atoms with Gasteiger partial charge in [0.1, 0.15) is 0 Å². The minimum absolute atomic E-state index is 0.113. The summed E-state index contributed by atoms with van der Waals surface area (Å²) in [6.07, 6.45) is 4.80. The molecule has 1 aromatic rings. The van der Waals surface area contributed by atoms with Gasteiger partial charge in [-0.15, -0.1) is 0 Å². The first kappa shape index (κ1) is 21.2. The molecule has 6 heteroatoms. The summed E-state index contributed by atoms with van der Waals surface area (Å²) >= 11 is 0. The molecular weight excluding hydrogens is 340 g/mol. The van der Waals surface area contributed by atoms with Gasteiger partial charge in [-0.2, -0.15) is 0 Å². The molecule has 0 aliphatic carbocycles. The summed E-state index contributed by atoms with van der Waals surface area (Å²) in [6.45, 7) is 8.59.